The summed E-state index contributed by atoms with van der Waals surface area (Å²) in [5.74, 6) is 0. The first-order valence-electron chi connectivity index (χ1n) is 21.5. The third-order valence-corrected chi connectivity index (χ3v) is 12.8. The smallest absolute Gasteiger partial charge is 0.136 e. The lowest BCUT2D eigenvalue weighted by Crippen LogP contribution is -2.11. The van der Waals surface area contributed by atoms with Gasteiger partial charge in [-0.2, -0.15) is 0 Å². The Hall–Kier alpha value is -8.40. The molecule has 0 radical (unpaired) electrons. The number of para-hydroxylation sites is 2. The van der Waals surface area contributed by atoms with Crippen molar-refractivity contribution >= 4 is 93.3 Å². The van der Waals surface area contributed by atoms with Crippen molar-refractivity contribution in [3.63, 3.8) is 0 Å². The summed E-state index contributed by atoms with van der Waals surface area (Å²) in [6.07, 6.45) is 0. The number of furan rings is 2. The van der Waals surface area contributed by atoms with Crippen molar-refractivity contribution in [1.29, 1.82) is 0 Å². The van der Waals surface area contributed by atoms with E-state index in [1.54, 1.807) is 0 Å². The van der Waals surface area contributed by atoms with E-state index in [0.29, 0.717) is 0 Å². The fourth-order valence-corrected chi connectivity index (χ4v) is 9.67. The van der Waals surface area contributed by atoms with Crippen LogP contribution in [0.2, 0.25) is 0 Å². The molecule has 0 aliphatic carbocycles. The van der Waals surface area contributed by atoms with Gasteiger partial charge in [-0.3, -0.25) is 0 Å². The molecule has 13 rings (SSSR count). The summed E-state index contributed by atoms with van der Waals surface area (Å²) in [6.45, 7) is 0. The maximum absolute atomic E-state index is 6.43. The lowest BCUT2D eigenvalue weighted by atomic mass is 9.97. The van der Waals surface area contributed by atoms with E-state index in [1.807, 2.05) is 12.1 Å². The minimum atomic E-state index is 0.882. The van der Waals surface area contributed by atoms with E-state index in [1.165, 1.54) is 43.4 Å². The van der Waals surface area contributed by atoms with Gasteiger partial charge in [-0.15, -0.1) is 0 Å². The van der Waals surface area contributed by atoms with E-state index in [0.717, 1.165) is 83.2 Å². The molecular formula is C60H37NO2. The summed E-state index contributed by atoms with van der Waals surface area (Å²) in [7, 11) is 0. The van der Waals surface area contributed by atoms with E-state index in [4.69, 9.17) is 8.83 Å². The van der Waals surface area contributed by atoms with E-state index >= 15 is 0 Å². The average Bonchev–Trinajstić information content (AvgIpc) is 3.90. The van der Waals surface area contributed by atoms with Crippen LogP contribution in [0.3, 0.4) is 0 Å². The van der Waals surface area contributed by atoms with Crippen LogP contribution in [0.4, 0.5) is 17.1 Å². The fraction of sp³-hybridized carbons (Fsp3) is 0. The van der Waals surface area contributed by atoms with Gasteiger partial charge in [0.05, 0.1) is 5.69 Å². The van der Waals surface area contributed by atoms with Gasteiger partial charge in [0.2, 0.25) is 0 Å². The number of rotatable bonds is 6. The van der Waals surface area contributed by atoms with Crippen LogP contribution in [-0.2, 0) is 0 Å². The molecule has 0 bridgehead atoms. The number of hydrogen-bond donors (Lipinski definition) is 0. The predicted molar refractivity (Wildman–Crippen MR) is 265 cm³/mol. The van der Waals surface area contributed by atoms with E-state index in [9.17, 15) is 0 Å². The lowest BCUT2D eigenvalue weighted by Gasteiger charge is -2.28. The van der Waals surface area contributed by atoms with Gasteiger partial charge in [0, 0.05) is 38.5 Å². The molecule has 0 aliphatic rings. The molecule has 2 aromatic heterocycles. The van der Waals surface area contributed by atoms with Gasteiger partial charge in [0.25, 0.3) is 0 Å². The van der Waals surface area contributed by atoms with Crippen LogP contribution in [0, 0.1) is 0 Å². The van der Waals surface area contributed by atoms with Crippen molar-refractivity contribution in [2.24, 2.45) is 0 Å². The van der Waals surface area contributed by atoms with Crippen LogP contribution in [0.25, 0.3) is 110 Å². The first-order valence-corrected chi connectivity index (χ1v) is 21.5. The van der Waals surface area contributed by atoms with Gasteiger partial charge in [-0.05, 0) is 139 Å². The normalized spacial score (nSPS) is 11.8. The SMILES string of the molecule is c1ccc(N(c2ccc(-c3ccc4c(ccc5ccccc54)c3)cc2)c2ccc(-c3ccc4oc5ccccc5c4c3)cc2)c(-c2ccc3oc4cc5ccccc5cc4c3c2)c1. The maximum Gasteiger partial charge on any atom is 0.136 e. The molecule has 63 heavy (non-hydrogen) atoms. The monoisotopic (exact) mass is 803 g/mol. The number of fused-ring (bicyclic) bond motifs is 10. The Labute approximate surface area is 363 Å². The summed E-state index contributed by atoms with van der Waals surface area (Å²) in [6, 6.07) is 80.8. The molecule has 3 heteroatoms. The third kappa shape index (κ3) is 5.89. The number of benzene rings is 11. The molecule has 0 atom stereocenters. The van der Waals surface area contributed by atoms with Gasteiger partial charge < -0.3 is 13.7 Å². The van der Waals surface area contributed by atoms with Crippen molar-refractivity contribution in [1.82, 2.24) is 0 Å². The molecule has 0 aliphatic heterocycles. The third-order valence-electron chi connectivity index (χ3n) is 12.8. The van der Waals surface area contributed by atoms with Crippen LogP contribution in [0.1, 0.15) is 0 Å². The van der Waals surface area contributed by atoms with Crippen molar-refractivity contribution in [3.8, 4) is 33.4 Å². The largest absolute Gasteiger partial charge is 0.456 e. The zero-order valence-electron chi connectivity index (χ0n) is 34.1. The molecule has 11 aromatic carbocycles. The van der Waals surface area contributed by atoms with Gasteiger partial charge in [-0.25, -0.2) is 0 Å². The van der Waals surface area contributed by atoms with Crippen LogP contribution >= 0.6 is 0 Å². The van der Waals surface area contributed by atoms with Crippen LogP contribution < -0.4 is 4.90 Å². The van der Waals surface area contributed by atoms with Crippen molar-refractivity contribution < 1.29 is 8.83 Å². The molecule has 3 nitrogen and oxygen atoms in total. The number of anilines is 3. The second-order valence-electron chi connectivity index (χ2n) is 16.5. The maximum atomic E-state index is 6.43. The highest BCUT2D eigenvalue weighted by Gasteiger charge is 2.19. The molecule has 294 valence electrons. The summed E-state index contributed by atoms with van der Waals surface area (Å²) in [5.41, 5.74) is 13.7. The van der Waals surface area contributed by atoms with Crippen molar-refractivity contribution in [2.45, 2.75) is 0 Å². The van der Waals surface area contributed by atoms with Crippen LogP contribution in [0.15, 0.2) is 233 Å². The predicted octanol–water partition coefficient (Wildman–Crippen LogP) is 17.4. The molecule has 13 aromatic rings. The molecule has 0 saturated carbocycles. The fourth-order valence-electron chi connectivity index (χ4n) is 9.67. The van der Waals surface area contributed by atoms with Crippen LogP contribution in [0.5, 0.6) is 0 Å². The molecule has 0 N–H and O–H groups in total. The number of hydrogen-bond acceptors (Lipinski definition) is 3. The Balaban J connectivity index is 0.931. The lowest BCUT2D eigenvalue weighted by molar-refractivity contribution is 0.669. The Kier molecular flexibility index (Phi) is 7.91. The van der Waals surface area contributed by atoms with Crippen LogP contribution in [-0.4, -0.2) is 0 Å². The second kappa shape index (κ2) is 14.1. The van der Waals surface area contributed by atoms with Crippen molar-refractivity contribution in [2.75, 3.05) is 4.90 Å². The molecular weight excluding hydrogens is 767 g/mol. The first-order chi connectivity index (χ1) is 31.2. The van der Waals surface area contributed by atoms with Crippen molar-refractivity contribution in [3.05, 3.63) is 224 Å². The van der Waals surface area contributed by atoms with E-state index in [-0.39, 0.29) is 0 Å². The minimum Gasteiger partial charge on any atom is -0.456 e. The zero-order chi connectivity index (χ0) is 41.4. The van der Waals surface area contributed by atoms with E-state index in [2.05, 4.69) is 217 Å². The Morgan fingerprint density at radius 2 is 0.746 bits per heavy atom. The van der Waals surface area contributed by atoms with Gasteiger partial charge in [-0.1, -0.05) is 146 Å². The quantitative estimate of drug-likeness (QED) is 0.157. The summed E-state index contributed by atoms with van der Waals surface area (Å²) < 4.78 is 12.6. The summed E-state index contributed by atoms with van der Waals surface area (Å²) in [4.78, 5) is 2.38. The summed E-state index contributed by atoms with van der Waals surface area (Å²) in [5, 5.41) is 11.9. The Morgan fingerprint density at radius 1 is 0.254 bits per heavy atom. The van der Waals surface area contributed by atoms with Gasteiger partial charge in [0.1, 0.15) is 22.3 Å². The van der Waals surface area contributed by atoms with Gasteiger partial charge in [0.15, 0.2) is 0 Å². The zero-order valence-corrected chi connectivity index (χ0v) is 34.1. The molecule has 0 amide bonds. The van der Waals surface area contributed by atoms with E-state index < -0.39 is 0 Å². The first kappa shape index (κ1) is 35.4. The molecule has 2 heterocycles. The molecule has 0 unspecified atom stereocenters. The Bertz CT molecular complexity index is 3910. The minimum absolute atomic E-state index is 0.882. The highest BCUT2D eigenvalue weighted by molar-refractivity contribution is 6.12. The topological polar surface area (TPSA) is 29.5 Å². The molecule has 0 spiro atoms. The van der Waals surface area contributed by atoms with Gasteiger partial charge >= 0.3 is 0 Å². The highest BCUT2D eigenvalue weighted by atomic mass is 16.3. The number of nitrogens with zero attached hydrogens (tertiary/aromatic N) is 1. The Morgan fingerprint density at radius 3 is 1.52 bits per heavy atom. The molecule has 0 saturated heterocycles. The molecule has 0 fully saturated rings. The average molecular weight is 804 g/mol. The highest BCUT2D eigenvalue weighted by Crippen LogP contribution is 2.44. The second-order valence-corrected chi connectivity index (χ2v) is 16.5. The standard InChI is InChI=1S/C60H37NO2/c1-2-11-42-37-60-55(34-41(42)10-1)54-36-46(25-32-59(54)63-60)51-13-5-7-15-56(51)61(48-28-21-39(22-29-48)44-24-31-58-53(35-44)52-14-6-8-16-57(52)62-58)47-26-19-38(20-27-47)43-23-30-50-45(33-43)18-17-40-9-3-4-12-49(40)50/h1-37H. The summed E-state index contributed by atoms with van der Waals surface area (Å²) >= 11 is 0.